The zero-order valence-electron chi connectivity index (χ0n) is 22.2. The highest BCUT2D eigenvalue weighted by atomic mass is 19.1. The lowest BCUT2D eigenvalue weighted by Crippen LogP contribution is -2.49. The molecule has 0 bridgehead atoms. The summed E-state index contributed by atoms with van der Waals surface area (Å²) < 4.78 is 23.1. The molecule has 4 heterocycles. The smallest absolute Gasteiger partial charge is 0.450 e. The van der Waals surface area contributed by atoms with Gasteiger partial charge in [-0.25, -0.2) is 14.2 Å². The van der Waals surface area contributed by atoms with Crippen LogP contribution in [0, 0.1) is 12.7 Å². The zero-order valence-corrected chi connectivity index (χ0v) is 22.2. The molecule has 2 N–H and O–H groups in total. The highest BCUT2D eigenvalue weighted by molar-refractivity contribution is 6.06. The molecule has 1 unspecified atom stereocenters. The Morgan fingerprint density at radius 3 is 2.80 bits per heavy atom. The lowest BCUT2D eigenvalue weighted by molar-refractivity contribution is 0.0219. The van der Waals surface area contributed by atoms with Gasteiger partial charge in [-0.3, -0.25) is 14.4 Å². The van der Waals surface area contributed by atoms with Crippen LogP contribution in [0.1, 0.15) is 41.9 Å². The third-order valence-corrected chi connectivity index (χ3v) is 6.83. The molecule has 208 valence electrons. The van der Waals surface area contributed by atoms with Crippen LogP contribution in [-0.2, 0) is 11.8 Å². The van der Waals surface area contributed by atoms with Crippen molar-refractivity contribution in [3.63, 3.8) is 0 Å². The molecule has 13 nitrogen and oxygen atoms in total. The molecule has 0 aliphatic carbocycles. The van der Waals surface area contributed by atoms with Gasteiger partial charge in [0.05, 0.1) is 12.2 Å². The van der Waals surface area contributed by atoms with E-state index in [2.05, 4.69) is 30.9 Å². The van der Waals surface area contributed by atoms with Crippen molar-refractivity contribution in [2.24, 2.45) is 7.05 Å². The first kappa shape index (κ1) is 26.9. The Balaban J connectivity index is 1.51. The number of anilines is 1. The number of rotatable bonds is 7. The van der Waals surface area contributed by atoms with Crippen LogP contribution >= 0.6 is 0 Å². The number of tetrazole rings is 1. The summed E-state index contributed by atoms with van der Waals surface area (Å²) in [6, 6.07) is 7.86. The number of hydrogen-bond acceptors (Lipinski definition) is 9. The molecule has 0 saturated carbocycles. The van der Waals surface area contributed by atoms with Gasteiger partial charge in [0.2, 0.25) is 5.82 Å². The average Bonchev–Trinajstić information content (AvgIpc) is 3.56. The van der Waals surface area contributed by atoms with Gasteiger partial charge in [-0.1, -0.05) is 12.1 Å². The summed E-state index contributed by atoms with van der Waals surface area (Å²) in [6.45, 7) is 4.84. The van der Waals surface area contributed by atoms with Crippen LogP contribution in [0.2, 0.25) is 0 Å². The van der Waals surface area contributed by atoms with Gasteiger partial charge in [-0.2, -0.15) is 9.78 Å². The number of hydrogen-bond donors (Lipinski definition) is 2. The molecular formula is C26H28FN9O4. The molecule has 1 aliphatic rings. The highest BCUT2D eigenvalue weighted by Gasteiger charge is 2.31. The fourth-order valence-corrected chi connectivity index (χ4v) is 4.91. The van der Waals surface area contributed by atoms with Gasteiger partial charge in [0, 0.05) is 36.5 Å². The first-order valence-electron chi connectivity index (χ1n) is 12.7. The minimum atomic E-state index is -1.50. The largest absolute Gasteiger partial charge is 0.507 e. The Morgan fingerprint density at radius 2 is 2.10 bits per heavy atom. The zero-order chi connectivity index (χ0) is 28.4. The number of amides is 1. The van der Waals surface area contributed by atoms with Gasteiger partial charge in [-0.15, -0.1) is 5.10 Å². The van der Waals surface area contributed by atoms with Gasteiger partial charge in [0.25, 0.3) is 5.91 Å². The Labute approximate surface area is 228 Å². The third kappa shape index (κ3) is 5.12. The highest BCUT2D eigenvalue weighted by Crippen LogP contribution is 2.34. The fourth-order valence-electron chi connectivity index (χ4n) is 4.91. The predicted molar refractivity (Wildman–Crippen MR) is 141 cm³/mol. The molecule has 1 amide bonds. The minimum Gasteiger partial charge on any atom is -0.450 e. The van der Waals surface area contributed by atoms with Crippen LogP contribution in [-0.4, -0.2) is 71.3 Å². The minimum absolute atomic E-state index is 0.128. The van der Waals surface area contributed by atoms with E-state index >= 15 is 4.39 Å². The number of halogens is 1. The standard InChI is InChI=1S/C26H28FN9O4/c1-15-6-4-11-29-23(15)35(18-7-5-10-28-13-18)25(37)17-8-9-19(21(27)12-17)20-14-30-34(3)22(20)24-31-32-33-36(24)16(2)40-26(38)39/h4,6,8-9,11-12,14,16,18,28H,5,7,10,13H2,1-3H3,(H,38,39)/t16?,18-/m1/s1. The van der Waals surface area contributed by atoms with E-state index in [0.29, 0.717) is 23.6 Å². The molecule has 1 aromatic carbocycles. The van der Waals surface area contributed by atoms with Crippen LogP contribution in [0.25, 0.3) is 22.6 Å². The van der Waals surface area contributed by atoms with Crippen molar-refractivity contribution in [1.29, 1.82) is 0 Å². The quantitative estimate of drug-likeness (QED) is 0.329. The average molecular weight is 550 g/mol. The lowest BCUT2D eigenvalue weighted by atomic mass is 10.0. The van der Waals surface area contributed by atoms with Crippen molar-refractivity contribution in [2.45, 2.75) is 39.0 Å². The van der Waals surface area contributed by atoms with E-state index in [9.17, 15) is 9.59 Å². The monoisotopic (exact) mass is 549 g/mol. The van der Waals surface area contributed by atoms with E-state index in [-0.39, 0.29) is 28.9 Å². The summed E-state index contributed by atoms with van der Waals surface area (Å²) >= 11 is 0. The van der Waals surface area contributed by atoms with E-state index in [4.69, 9.17) is 9.84 Å². The maximum absolute atomic E-state index is 15.7. The van der Waals surface area contributed by atoms with Crippen molar-refractivity contribution < 1.29 is 23.8 Å². The maximum Gasteiger partial charge on any atom is 0.507 e. The normalized spacial score (nSPS) is 15.9. The van der Waals surface area contributed by atoms with E-state index in [1.165, 1.54) is 29.9 Å². The predicted octanol–water partition coefficient (Wildman–Crippen LogP) is 3.20. The summed E-state index contributed by atoms with van der Waals surface area (Å²) in [5, 5.41) is 28.0. The summed E-state index contributed by atoms with van der Waals surface area (Å²) in [5.41, 5.74) is 1.88. The van der Waals surface area contributed by atoms with Gasteiger partial charge in [0.1, 0.15) is 17.3 Å². The Hall–Kier alpha value is -4.72. The van der Waals surface area contributed by atoms with E-state index in [0.717, 1.165) is 29.6 Å². The van der Waals surface area contributed by atoms with Crippen molar-refractivity contribution in [3.8, 4) is 22.6 Å². The summed E-state index contributed by atoms with van der Waals surface area (Å²) in [6.07, 6.45) is 2.26. The molecule has 0 spiro atoms. The summed E-state index contributed by atoms with van der Waals surface area (Å²) in [7, 11) is 1.63. The van der Waals surface area contributed by atoms with Crippen LogP contribution in [0.5, 0.6) is 0 Å². The first-order valence-corrected chi connectivity index (χ1v) is 12.7. The number of carboxylic acid groups (broad SMARTS) is 1. The number of aryl methyl sites for hydroxylation is 2. The maximum atomic E-state index is 15.7. The summed E-state index contributed by atoms with van der Waals surface area (Å²) in [5.74, 6) is -0.320. The third-order valence-electron chi connectivity index (χ3n) is 6.83. The number of aromatic nitrogens is 7. The second kappa shape index (κ2) is 11.2. The Bertz CT molecular complexity index is 1550. The second-order valence-corrected chi connectivity index (χ2v) is 9.47. The molecule has 5 rings (SSSR count). The Kier molecular flexibility index (Phi) is 7.51. The molecule has 3 aromatic heterocycles. The van der Waals surface area contributed by atoms with Crippen molar-refractivity contribution in [2.75, 3.05) is 18.0 Å². The number of nitrogens with zero attached hydrogens (tertiary/aromatic N) is 8. The number of piperidine rings is 1. The first-order chi connectivity index (χ1) is 19.3. The van der Waals surface area contributed by atoms with Gasteiger partial charge < -0.3 is 15.2 Å². The molecule has 2 atom stereocenters. The van der Waals surface area contributed by atoms with Crippen LogP contribution in [0.4, 0.5) is 15.0 Å². The molecule has 1 fully saturated rings. The SMILES string of the molecule is Cc1cccnc1N(C(=O)c1ccc(-c2cnn(C)c2-c2nnnn2C(C)OC(=O)O)c(F)c1)[C@@H]1CCCNC1. The number of carbonyl (C=O) groups is 2. The second-order valence-electron chi connectivity index (χ2n) is 9.47. The van der Waals surface area contributed by atoms with Gasteiger partial charge >= 0.3 is 6.16 Å². The van der Waals surface area contributed by atoms with Crippen molar-refractivity contribution in [1.82, 2.24) is 40.3 Å². The fraction of sp³-hybridized carbons (Fsp3) is 0.346. The number of nitrogens with one attached hydrogen (secondary N) is 1. The number of ether oxygens (including phenoxy) is 1. The molecule has 1 saturated heterocycles. The lowest BCUT2D eigenvalue weighted by Gasteiger charge is -2.34. The van der Waals surface area contributed by atoms with E-state index in [1.807, 2.05) is 19.1 Å². The van der Waals surface area contributed by atoms with Crippen LogP contribution in [0.15, 0.2) is 42.7 Å². The molecular weight excluding hydrogens is 521 g/mol. The van der Waals surface area contributed by atoms with Crippen LogP contribution in [0.3, 0.4) is 0 Å². The van der Waals surface area contributed by atoms with Crippen molar-refractivity contribution in [3.05, 3.63) is 59.7 Å². The van der Waals surface area contributed by atoms with Crippen LogP contribution < -0.4 is 10.2 Å². The number of carbonyl (C=O) groups excluding carboxylic acids is 1. The summed E-state index contributed by atoms with van der Waals surface area (Å²) in [4.78, 5) is 31.0. The van der Waals surface area contributed by atoms with Gasteiger partial charge in [0.15, 0.2) is 6.23 Å². The van der Waals surface area contributed by atoms with E-state index in [1.54, 1.807) is 24.2 Å². The molecule has 0 radical (unpaired) electrons. The topological polar surface area (TPSA) is 153 Å². The Morgan fingerprint density at radius 1 is 1.27 bits per heavy atom. The number of pyridine rings is 1. The number of benzene rings is 1. The molecule has 14 heteroatoms. The van der Waals surface area contributed by atoms with Gasteiger partial charge in [-0.05, 0) is 67.4 Å². The molecule has 4 aromatic rings. The molecule has 40 heavy (non-hydrogen) atoms. The van der Waals surface area contributed by atoms with Crippen molar-refractivity contribution >= 4 is 17.9 Å². The molecule has 1 aliphatic heterocycles. The van der Waals surface area contributed by atoms with E-state index < -0.39 is 18.2 Å².